The topological polar surface area (TPSA) is 105 Å². The molecule has 0 aromatic heterocycles. The zero-order chi connectivity index (χ0) is 30.1. The fourth-order valence-electron chi connectivity index (χ4n) is 4.38. The second-order valence-corrected chi connectivity index (χ2v) is 9.62. The van der Waals surface area contributed by atoms with Gasteiger partial charge in [-0.05, 0) is 79.8 Å². The fourth-order valence-corrected chi connectivity index (χ4v) is 4.38. The lowest BCUT2D eigenvalue weighted by molar-refractivity contribution is -0.150. The number of rotatable bonds is 10. The first kappa shape index (κ1) is 29.9. The molecular formula is C33H29FO8. The van der Waals surface area contributed by atoms with Crippen molar-refractivity contribution in [2.24, 2.45) is 0 Å². The molecule has 4 rings (SSSR count). The zero-order valence-electron chi connectivity index (χ0n) is 22.8. The van der Waals surface area contributed by atoms with Crippen LogP contribution in [0, 0.1) is 5.82 Å². The van der Waals surface area contributed by atoms with Gasteiger partial charge >= 0.3 is 23.9 Å². The molecule has 0 saturated heterocycles. The van der Waals surface area contributed by atoms with E-state index in [-0.39, 0.29) is 46.3 Å². The molecule has 1 aliphatic carbocycles. The van der Waals surface area contributed by atoms with E-state index in [0.29, 0.717) is 5.56 Å². The average molecular weight is 573 g/mol. The number of benzene rings is 3. The molecule has 1 fully saturated rings. The van der Waals surface area contributed by atoms with Crippen molar-refractivity contribution in [3.63, 3.8) is 0 Å². The van der Waals surface area contributed by atoms with Crippen LogP contribution in [0.15, 0.2) is 91.7 Å². The first-order chi connectivity index (χ1) is 20.2. The van der Waals surface area contributed by atoms with Gasteiger partial charge in [-0.1, -0.05) is 31.7 Å². The van der Waals surface area contributed by atoms with Gasteiger partial charge in [0.15, 0.2) is 0 Å². The summed E-state index contributed by atoms with van der Waals surface area (Å²) in [5, 5.41) is 0. The minimum absolute atomic E-state index is 0.0145. The van der Waals surface area contributed by atoms with Gasteiger partial charge in [0.1, 0.15) is 23.4 Å². The molecule has 3 aromatic rings. The molecule has 0 aliphatic heterocycles. The molecular weight excluding hydrogens is 543 g/mol. The van der Waals surface area contributed by atoms with Gasteiger partial charge in [-0.2, -0.15) is 0 Å². The minimum atomic E-state index is -0.784. The first-order valence-electron chi connectivity index (χ1n) is 13.4. The lowest BCUT2D eigenvalue weighted by Gasteiger charge is -2.21. The second kappa shape index (κ2) is 14.0. The maximum atomic E-state index is 14.8. The molecule has 3 aromatic carbocycles. The average Bonchev–Trinajstić information content (AvgIpc) is 2.98. The molecule has 1 aliphatic rings. The maximum absolute atomic E-state index is 14.8. The second-order valence-electron chi connectivity index (χ2n) is 9.62. The Labute approximate surface area is 242 Å². The Morgan fingerprint density at radius 3 is 2.07 bits per heavy atom. The standard InChI is InChI=1S/C33H29FO8/c1-3-39-32(37)23-11-9-22(10-12-23)28-18-17-27(20-29(28)34)42-33(38)24-13-15-26(16-14-24)41-31(36)21(2)19-30(35)40-25-7-5-4-6-8-25/h3,9-18,20,25H,1-2,4-8,19H2. The van der Waals surface area contributed by atoms with Crippen LogP contribution in [-0.4, -0.2) is 30.0 Å². The summed E-state index contributed by atoms with van der Waals surface area (Å²) in [6.07, 6.45) is 5.44. The molecule has 0 bridgehead atoms. The van der Waals surface area contributed by atoms with Crippen LogP contribution in [0.1, 0.15) is 59.2 Å². The van der Waals surface area contributed by atoms with Crippen molar-refractivity contribution in [1.29, 1.82) is 0 Å². The van der Waals surface area contributed by atoms with Gasteiger partial charge in [0.25, 0.3) is 0 Å². The molecule has 216 valence electrons. The maximum Gasteiger partial charge on any atom is 0.343 e. The quantitative estimate of drug-likeness (QED) is 0.114. The number of esters is 4. The van der Waals surface area contributed by atoms with E-state index in [0.717, 1.165) is 44.4 Å². The number of hydrogen-bond acceptors (Lipinski definition) is 8. The Hall–Kier alpha value is -5.05. The first-order valence-corrected chi connectivity index (χ1v) is 13.4. The van der Waals surface area contributed by atoms with Crippen molar-refractivity contribution in [3.8, 4) is 22.6 Å². The minimum Gasteiger partial charge on any atom is -0.462 e. The number of ether oxygens (including phenoxy) is 4. The van der Waals surface area contributed by atoms with E-state index in [1.807, 2.05) is 0 Å². The van der Waals surface area contributed by atoms with Crippen molar-refractivity contribution >= 4 is 23.9 Å². The molecule has 0 unspecified atom stereocenters. The molecule has 42 heavy (non-hydrogen) atoms. The molecule has 0 atom stereocenters. The van der Waals surface area contributed by atoms with Gasteiger partial charge in [-0.25, -0.2) is 18.8 Å². The third-order valence-corrected chi connectivity index (χ3v) is 6.57. The van der Waals surface area contributed by atoms with Gasteiger partial charge in [0.2, 0.25) is 0 Å². The summed E-state index contributed by atoms with van der Waals surface area (Å²) < 4.78 is 35.5. The highest BCUT2D eigenvalue weighted by Gasteiger charge is 2.21. The Morgan fingerprint density at radius 1 is 0.810 bits per heavy atom. The summed E-state index contributed by atoms with van der Waals surface area (Å²) >= 11 is 0. The molecule has 0 N–H and O–H groups in total. The van der Waals surface area contributed by atoms with Crippen LogP contribution >= 0.6 is 0 Å². The normalized spacial score (nSPS) is 13.0. The Balaban J connectivity index is 1.30. The summed E-state index contributed by atoms with van der Waals surface area (Å²) in [6.45, 7) is 6.95. The highest BCUT2D eigenvalue weighted by Crippen LogP contribution is 2.28. The molecule has 0 amide bonds. The number of hydrogen-bond donors (Lipinski definition) is 0. The van der Waals surface area contributed by atoms with Crippen LogP contribution in [0.4, 0.5) is 4.39 Å². The smallest absolute Gasteiger partial charge is 0.343 e. The highest BCUT2D eigenvalue weighted by molar-refractivity contribution is 5.95. The summed E-state index contributed by atoms with van der Waals surface area (Å²) in [4.78, 5) is 48.8. The van der Waals surface area contributed by atoms with E-state index in [2.05, 4.69) is 13.2 Å². The van der Waals surface area contributed by atoms with Crippen molar-refractivity contribution < 1.29 is 42.5 Å². The van der Waals surface area contributed by atoms with Gasteiger partial charge in [-0.3, -0.25) is 4.79 Å². The summed E-state index contributed by atoms with van der Waals surface area (Å²) in [7, 11) is 0. The van der Waals surface area contributed by atoms with E-state index >= 15 is 0 Å². The molecule has 9 heteroatoms. The van der Waals surface area contributed by atoms with Crippen molar-refractivity contribution in [3.05, 3.63) is 109 Å². The molecule has 1 saturated carbocycles. The van der Waals surface area contributed by atoms with Crippen LogP contribution in [0.5, 0.6) is 11.5 Å². The summed E-state index contributed by atoms with van der Waals surface area (Å²) in [6, 6.07) is 15.6. The van der Waals surface area contributed by atoms with Crippen LogP contribution in [0.3, 0.4) is 0 Å². The van der Waals surface area contributed by atoms with Gasteiger partial charge in [-0.15, -0.1) is 0 Å². The molecule has 0 heterocycles. The highest BCUT2D eigenvalue weighted by atomic mass is 19.1. The molecule has 8 nitrogen and oxygen atoms in total. The largest absolute Gasteiger partial charge is 0.462 e. The Bertz CT molecular complexity index is 1490. The van der Waals surface area contributed by atoms with Crippen molar-refractivity contribution in [2.75, 3.05) is 0 Å². The van der Waals surface area contributed by atoms with Crippen LogP contribution in [-0.2, 0) is 19.1 Å². The van der Waals surface area contributed by atoms with Crippen LogP contribution < -0.4 is 9.47 Å². The van der Waals surface area contributed by atoms with E-state index in [4.69, 9.17) is 18.9 Å². The Kier molecular flexibility index (Phi) is 9.99. The third kappa shape index (κ3) is 8.00. The molecule has 0 spiro atoms. The van der Waals surface area contributed by atoms with Crippen molar-refractivity contribution in [1.82, 2.24) is 0 Å². The lowest BCUT2D eigenvalue weighted by Crippen LogP contribution is -2.22. The van der Waals surface area contributed by atoms with Gasteiger partial charge < -0.3 is 18.9 Å². The van der Waals surface area contributed by atoms with E-state index in [1.165, 1.54) is 48.5 Å². The lowest BCUT2D eigenvalue weighted by atomic mass is 9.98. The zero-order valence-corrected chi connectivity index (χ0v) is 22.8. The Morgan fingerprint density at radius 2 is 1.43 bits per heavy atom. The number of halogens is 1. The third-order valence-electron chi connectivity index (χ3n) is 6.57. The van der Waals surface area contributed by atoms with Crippen LogP contribution in [0.2, 0.25) is 0 Å². The SMILES string of the molecule is C=COC(=O)c1ccc(-c2ccc(OC(=O)c3ccc(OC(=O)C(=C)CC(=O)OC4CCCCC4)cc3)cc2F)cc1. The summed E-state index contributed by atoms with van der Waals surface area (Å²) in [5.41, 5.74) is 1.12. The van der Waals surface area contributed by atoms with E-state index < -0.39 is 29.7 Å². The fraction of sp³-hybridized carbons (Fsp3) is 0.212. The predicted octanol–water partition coefficient (Wildman–Crippen LogP) is 6.74. The summed E-state index contributed by atoms with van der Waals surface area (Å²) in [5.74, 6) is -3.14. The van der Waals surface area contributed by atoms with Gasteiger partial charge in [0, 0.05) is 17.2 Å². The van der Waals surface area contributed by atoms with E-state index in [9.17, 15) is 23.6 Å². The van der Waals surface area contributed by atoms with E-state index in [1.54, 1.807) is 12.1 Å². The number of carbonyl (C=O) groups excluding carboxylic acids is 4. The molecule has 0 radical (unpaired) electrons. The number of carbonyl (C=O) groups is 4. The van der Waals surface area contributed by atoms with Crippen molar-refractivity contribution in [2.45, 2.75) is 44.6 Å². The predicted molar refractivity (Wildman–Crippen MR) is 151 cm³/mol. The monoisotopic (exact) mass is 572 g/mol. The van der Waals surface area contributed by atoms with Crippen LogP contribution in [0.25, 0.3) is 11.1 Å². The van der Waals surface area contributed by atoms with Gasteiger partial charge in [0.05, 0.1) is 23.8 Å².